The summed E-state index contributed by atoms with van der Waals surface area (Å²) in [6, 6.07) is 4.94. The maximum Gasteiger partial charge on any atom is 0.326 e. The number of benzene rings is 1. The van der Waals surface area contributed by atoms with Gasteiger partial charge in [-0.05, 0) is 49.8 Å². The first kappa shape index (κ1) is 20.8. The molecule has 29 heavy (non-hydrogen) atoms. The van der Waals surface area contributed by atoms with E-state index in [1.807, 2.05) is 32.9 Å². The zero-order chi connectivity index (χ0) is 21.2. The van der Waals surface area contributed by atoms with Gasteiger partial charge in [0.2, 0.25) is 0 Å². The van der Waals surface area contributed by atoms with Gasteiger partial charge in [-0.1, -0.05) is 31.9 Å². The van der Waals surface area contributed by atoms with E-state index in [0.29, 0.717) is 12.1 Å². The Morgan fingerprint density at radius 3 is 2.76 bits per heavy atom. The van der Waals surface area contributed by atoms with Crippen LogP contribution in [0.25, 0.3) is 0 Å². The minimum atomic E-state index is -0.921. The summed E-state index contributed by atoms with van der Waals surface area (Å²) in [5.41, 5.74) is 1.69. The number of anilines is 1. The van der Waals surface area contributed by atoms with Crippen LogP contribution in [-0.2, 0) is 19.1 Å². The molecule has 2 atom stereocenters. The van der Waals surface area contributed by atoms with Gasteiger partial charge in [0.15, 0.2) is 6.61 Å². The largest absolute Gasteiger partial charge is 0.454 e. The minimum Gasteiger partial charge on any atom is -0.454 e. The smallest absolute Gasteiger partial charge is 0.326 e. The number of hydrogen-bond donors (Lipinski definition) is 2. The van der Waals surface area contributed by atoms with Crippen LogP contribution in [0.1, 0.15) is 43.7 Å². The second kappa shape index (κ2) is 8.23. The lowest BCUT2D eigenvalue weighted by Gasteiger charge is -2.36. The zero-order valence-electron chi connectivity index (χ0n) is 17.0. The molecule has 0 bridgehead atoms. The highest BCUT2D eigenvalue weighted by atomic mass is 16.5. The first-order chi connectivity index (χ1) is 13.7. The van der Waals surface area contributed by atoms with Crippen LogP contribution in [-0.4, -0.2) is 47.4 Å². The molecule has 8 heteroatoms. The number of carbonyl (C=O) groups is 4. The number of esters is 1. The Balaban J connectivity index is 1.54. The molecule has 1 aliphatic heterocycles. The lowest BCUT2D eigenvalue weighted by Crippen LogP contribution is -2.54. The Kier molecular flexibility index (Phi) is 5.91. The van der Waals surface area contributed by atoms with E-state index in [-0.39, 0.29) is 11.8 Å². The van der Waals surface area contributed by atoms with Crippen LogP contribution in [0.15, 0.2) is 18.2 Å². The van der Waals surface area contributed by atoms with Crippen LogP contribution in [0, 0.1) is 19.8 Å². The second-order valence-electron chi connectivity index (χ2n) is 7.90. The third-order valence-electron chi connectivity index (χ3n) is 6.03. The highest BCUT2D eigenvalue weighted by Crippen LogP contribution is 2.38. The van der Waals surface area contributed by atoms with Crippen molar-refractivity contribution in [1.29, 1.82) is 0 Å². The van der Waals surface area contributed by atoms with Gasteiger partial charge in [-0.2, -0.15) is 0 Å². The van der Waals surface area contributed by atoms with Crippen molar-refractivity contribution in [3.8, 4) is 0 Å². The van der Waals surface area contributed by atoms with Crippen molar-refractivity contribution in [2.75, 3.05) is 18.5 Å². The molecule has 1 aliphatic carbocycles. The number of aryl methyl sites for hydroxylation is 1. The molecule has 1 aromatic rings. The van der Waals surface area contributed by atoms with Gasteiger partial charge < -0.3 is 15.4 Å². The van der Waals surface area contributed by atoms with Crippen molar-refractivity contribution >= 4 is 29.5 Å². The predicted molar refractivity (Wildman–Crippen MR) is 106 cm³/mol. The first-order valence-corrected chi connectivity index (χ1v) is 9.90. The molecule has 2 N–H and O–H groups in total. The molecule has 1 saturated heterocycles. The summed E-state index contributed by atoms with van der Waals surface area (Å²) < 4.78 is 4.98. The van der Waals surface area contributed by atoms with Crippen LogP contribution < -0.4 is 10.6 Å². The standard InChI is InChI=1S/C21H27N3O5/c1-13-7-6-9-16(15(13)3)22-17(25)12-29-18(26)11-24-19(27)21(23-20(24)28)10-5-4-8-14(21)2/h6-7,9,14H,4-5,8,10-12H2,1-3H3,(H,22,25)(H,23,28)/t14-,21-/m1/s1. The molecule has 1 spiro atoms. The van der Waals surface area contributed by atoms with E-state index < -0.39 is 36.6 Å². The number of hydrogen-bond acceptors (Lipinski definition) is 5. The van der Waals surface area contributed by atoms with E-state index in [4.69, 9.17) is 4.74 Å². The van der Waals surface area contributed by atoms with Gasteiger partial charge in [0.05, 0.1) is 0 Å². The van der Waals surface area contributed by atoms with Crippen molar-refractivity contribution in [2.45, 2.75) is 52.0 Å². The van der Waals surface area contributed by atoms with Crippen LogP contribution in [0.5, 0.6) is 0 Å². The SMILES string of the molecule is Cc1cccc(NC(=O)COC(=O)CN2C(=O)N[C@@]3(CCCC[C@H]3C)C2=O)c1C. The molecule has 156 valence electrons. The quantitative estimate of drug-likeness (QED) is 0.582. The molecule has 1 aromatic carbocycles. The number of ether oxygens (including phenoxy) is 1. The summed E-state index contributed by atoms with van der Waals surface area (Å²) in [4.78, 5) is 50.3. The van der Waals surface area contributed by atoms with Crippen molar-refractivity contribution < 1.29 is 23.9 Å². The number of nitrogens with zero attached hydrogens (tertiary/aromatic N) is 1. The highest BCUT2D eigenvalue weighted by Gasteiger charge is 2.55. The van der Waals surface area contributed by atoms with Crippen molar-refractivity contribution in [1.82, 2.24) is 10.2 Å². The maximum absolute atomic E-state index is 12.8. The molecule has 2 fully saturated rings. The Labute approximate surface area is 170 Å². The normalized spacial score (nSPS) is 23.8. The third kappa shape index (κ3) is 4.11. The molecule has 4 amide bonds. The topological polar surface area (TPSA) is 105 Å². The molecular formula is C21H27N3O5. The predicted octanol–water partition coefficient (Wildman–Crippen LogP) is 2.29. The summed E-state index contributed by atoms with van der Waals surface area (Å²) in [5.74, 6) is -1.66. The minimum absolute atomic E-state index is 0.0112. The lowest BCUT2D eigenvalue weighted by atomic mass is 9.73. The van der Waals surface area contributed by atoms with E-state index in [2.05, 4.69) is 10.6 Å². The third-order valence-corrected chi connectivity index (χ3v) is 6.03. The van der Waals surface area contributed by atoms with Crippen LogP contribution in [0.2, 0.25) is 0 Å². The number of amides is 4. The molecule has 8 nitrogen and oxygen atoms in total. The van der Waals surface area contributed by atoms with Crippen LogP contribution in [0.4, 0.5) is 10.5 Å². The number of nitrogens with one attached hydrogen (secondary N) is 2. The number of urea groups is 1. The van der Waals surface area contributed by atoms with Gasteiger partial charge >= 0.3 is 12.0 Å². The molecule has 2 aliphatic rings. The van der Waals surface area contributed by atoms with Gasteiger partial charge in [0, 0.05) is 5.69 Å². The van der Waals surface area contributed by atoms with Gasteiger partial charge in [-0.25, -0.2) is 4.79 Å². The summed E-state index contributed by atoms with van der Waals surface area (Å²) in [5, 5.41) is 5.48. The Hall–Kier alpha value is -2.90. The number of carbonyl (C=O) groups excluding carboxylic acids is 4. The van der Waals surface area contributed by atoms with Gasteiger partial charge in [-0.3, -0.25) is 19.3 Å². The van der Waals surface area contributed by atoms with Crippen LogP contribution >= 0.6 is 0 Å². The van der Waals surface area contributed by atoms with Crippen molar-refractivity contribution in [3.05, 3.63) is 29.3 Å². The van der Waals surface area contributed by atoms with E-state index >= 15 is 0 Å². The van der Waals surface area contributed by atoms with Crippen molar-refractivity contribution in [3.63, 3.8) is 0 Å². The average molecular weight is 401 g/mol. The summed E-state index contributed by atoms with van der Waals surface area (Å²) in [6.07, 6.45) is 3.29. The highest BCUT2D eigenvalue weighted by molar-refractivity contribution is 6.09. The Morgan fingerprint density at radius 1 is 1.28 bits per heavy atom. The fourth-order valence-electron chi connectivity index (χ4n) is 4.03. The fraction of sp³-hybridized carbons (Fsp3) is 0.524. The van der Waals surface area contributed by atoms with E-state index in [1.54, 1.807) is 6.07 Å². The Bertz CT molecular complexity index is 853. The summed E-state index contributed by atoms with van der Waals surface area (Å²) in [6.45, 7) is 4.77. The molecule has 1 heterocycles. The van der Waals surface area contributed by atoms with Crippen LogP contribution in [0.3, 0.4) is 0 Å². The number of rotatable bonds is 5. The van der Waals surface area contributed by atoms with Gasteiger partial charge in [0.25, 0.3) is 11.8 Å². The van der Waals surface area contributed by atoms with E-state index in [0.717, 1.165) is 35.3 Å². The monoisotopic (exact) mass is 401 g/mol. The molecule has 0 aromatic heterocycles. The molecule has 1 saturated carbocycles. The van der Waals surface area contributed by atoms with E-state index in [9.17, 15) is 19.2 Å². The zero-order valence-corrected chi connectivity index (χ0v) is 17.0. The van der Waals surface area contributed by atoms with Gasteiger partial charge in [-0.15, -0.1) is 0 Å². The fourth-order valence-corrected chi connectivity index (χ4v) is 4.03. The lowest BCUT2D eigenvalue weighted by molar-refractivity contribution is -0.150. The van der Waals surface area contributed by atoms with E-state index in [1.165, 1.54) is 0 Å². The van der Waals surface area contributed by atoms with Gasteiger partial charge in [0.1, 0.15) is 12.1 Å². The molecule has 0 radical (unpaired) electrons. The number of imide groups is 1. The molecular weight excluding hydrogens is 374 g/mol. The summed E-state index contributed by atoms with van der Waals surface area (Å²) >= 11 is 0. The second-order valence-corrected chi connectivity index (χ2v) is 7.90. The maximum atomic E-state index is 12.8. The first-order valence-electron chi connectivity index (χ1n) is 9.90. The molecule has 3 rings (SSSR count). The average Bonchev–Trinajstić information content (AvgIpc) is 2.91. The molecule has 0 unspecified atom stereocenters. The van der Waals surface area contributed by atoms with Crippen molar-refractivity contribution in [2.24, 2.45) is 5.92 Å². The summed E-state index contributed by atoms with van der Waals surface area (Å²) in [7, 11) is 0. The Morgan fingerprint density at radius 2 is 2.03 bits per heavy atom.